The van der Waals surface area contributed by atoms with E-state index in [1.54, 1.807) is 19.1 Å². The van der Waals surface area contributed by atoms with Crippen molar-refractivity contribution in [3.63, 3.8) is 0 Å². The van der Waals surface area contributed by atoms with Gasteiger partial charge in [-0.15, -0.1) is 0 Å². The molecule has 2 N–H and O–H groups in total. The van der Waals surface area contributed by atoms with Crippen molar-refractivity contribution in [1.82, 2.24) is 14.8 Å². The van der Waals surface area contributed by atoms with Gasteiger partial charge in [0.05, 0.1) is 33.0 Å². The van der Waals surface area contributed by atoms with Crippen molar-refractivity contribution in [2.45, 2.75) is 25.3 Å². The summed E-state index contributed by atoms with van der Waals surface area (Å²) in [5, 5.41) is 0. The first-order valence-electron chi connectivity index (χ1n) is 11.2. The third-order valence-electron chi connectivity index (χ3n) is 6.36. The maximum absolute atomic E-state index is 12.7. The lowest BCUT2D eigenvalue weighted by molar-refractivity contribution is 0.0303. The lowest BCUT2D eigenvalue weighted by Crippen LogP contribution is -2.41. The fourth-order valence-electron chi connectivity index (χ4n) is 4.47. The topological polar surface area (TPSA) is 90.2 Å². The maximum Gasteiger partial charge on any atom is 0.257 e. The second kappa shape index (κ2) is 10.2. The molecule has 8 heteroatoms. The molecule has 1 amide bonds. The Hall–Kier alpha value is -2.84. The van der Waals surface area contributed by atoms with Crippen molar-refractivity contribution in [3.05, 3.63) is 47.2 Å². The molecule has 3 heterocycles. The fourth-order valence-corrected chi connectivity index (χ4v) is 4.47. The van der Waals surface area contributed by atoms with Crippen molar-refractivity contribution in [3.8, 4) is 11.5 Å². The summed E-state index contributed by atoms with van der Waals surface area (Å²) in [5.74, 6) is 2.31. The number of morpholine rings is 1. The van der Waals surface area contributed by atoms with Crippen LogP contribution in [0.3, 0.4) is 0 Å². The molecule has 0 unspecified atom stereocenters. The normalized spacial score (nSPS) is 17.9. The Bertz CT molecular complexity index is 938. The highest BCUT2D eigenvalue weighted by Crippen LogP contribution is 2.31. The van der Waals surface area contributed by atoms with E-state index in [0.717, 1.165) is 55.2 Å². The number of rotatable bonds is 6. The highest BCUT2D eigenvalue weighted by Gasteiger charge is 2.25. The molecule has 2 fully saturated rings. The van der Waals surface area contributed by atoms with E-state index >= 15 is 0 Å². The number of carbonyl (C=O) groups excluding carboxylic acids is 1. The summed E-state index contributed by atoms with van der Waals surface area (Å²) >= 11 is 0. The standard InChI is InChI=1S/C24H32N4O4/c1-30-19-3-6-22(31-2)18(15-19)16-27-9-7-17(8-10-27)21-5-4-20(23(25)26-21)24(29)28-11-13-32-14-12-28/h3-6,15,17H,7-14,16H2,1-2H3,(H2,25,26). The molecule has 0 saturated carbocycles. The van der Waals surface area contributed by atoms with Gasteiger partial charge >= 0.3 is 0 Å². The summed E-state index contributed by atoms with van der Waals surface area (Å²) in [5.41, 5.74) is 8.78. The van der Waals surface area contributed by atoms with Gasteiger partial charge in [-0.1, -0.05) is 0 Å². The number of nitrogen functional groups attached to an aromatic ring is 1. The molecule has 2 aliphatic heterocycles. The Morgan fingerprint density at radius 2 is 1.84 bits per heavy atom. The van der Waals surface area contributed by atoms with Crippen molar-refractivity contribution in [2.75, 3.05) is 59.3 Å². The van der Waals surface area contributed by atoms with Gasteiger partial charge in [0.2, 0.25) is 0 Å². The molecule has 4 rings (SSSR count). The van der Waals surface area contributed by atoms with Crippen LogP contribution in [-0.2, 0) is 11.3 Å². The summed E-state index contributed by atoms with van der Waals surface area (Å²) in [7, 11) is 3.37. The minimum absolute atomic E-state index is 0.0631. The van der Waals surface area contributed by atoms with Gasteiger partial charge in [-0.05, 0) is 56.3 Å². The average Bonchev–Trinajstić information content (AvgIpc) is 2.84. The number of ether oxygens (including phenoxy) is 3. The van der Waals surface area contributed by atoms with E-state index in [4.69, 9.17) is 19.9 Å². The van der Waals surface area contributed by atoms with Crippen LogP contribution in [0.5, 0.6) is 11.5 Å². The molecule has 0 bridgehead atoms. The SMILES string of the molecule is COc1ccc(OC)c(CN2CCC(c3ccc(C(=O)N4CCOCC4)c(N)n3)CC2)c1. The second-order valence-corrected chi connectivity index (χ2v) is 8.30. The number of pyridine rings is 1. The number of benzene rings is 1. The second-order valence-electron chi connectivity index (χ2n) is 8.30. The third kappa shape index (κ3) is 4.97. The zero-order valence-corrected chi connectivity index (χ0v) is 18.9. The van der Waals surface area contributed by atoms with E-state index in [-0.39, 0.29) is 5.91 Å². The molecule has 8 nitrogen and oxygen atoms in total. The predicted octanol–water partition coefficient (Wildman–Crippen LogP) is 2.53. The molecular weight excluding hydrogens is 408 g/mol. The first-order chi connectivity index (χ1) is 15.6. The molecule has 0 spiro atoms. The quantitative estimate of drug-likeness (QED) is 0.738. The zero-order valence-electron chi connectivity index (χ0n) is 18.9. The molecular formula is C24H32N4O4. The summed E-state index contributed by atoms with van der Waals surface area (Å²) in [4.78, 5) is 21.6. The number of hydrogen-bond donors (Lipinski definition) is 1. The van der Waals surface area contributed by atoms with Crippen LogP contribution < -0.4 is 15.2 Å². The Morgan fingerprint density at radius 1 is 1.09 bits per heavy atom. The zero-order chi connectivity index (χ0) is 22.5. The molecule has 0 aliphatic carbocycles. The van der Waals surface area contributed by atoms with Crippen molar-refractivity contribution in [2.24, 2.45) is 0 Å². The van der Waals surface area contributed by atoms with Crippen molar-refractivity contribution >= 4 is 11.7 Å². The van der Waals surface area contributed by atoms with Crippen LogP contribution in [0.2, 0.25) is 0 Å². The minimum atomic E-state index is -0.0631. The van der Waals surface area contributed by atoms with Gasteiger partial charge in [-0.2, -0.15) is 0 Å². The van der Waals surface area contributed by atoms with Gasteiger partial charge < -0.3 is 24.8 Å². The molecule has 2 saturated heterocycles. The number of methoxy groups -OCH3 is 2. The molecule has 1 aromatic heterocycles. The van der Waals surface area contributed by atoms with Gasteiger partial charge in [0.25, 0.3) is 5.91 Å². The molecule has 0 radical (unpaired) electrons. The van der Waals surface area contributed by atoms with E-state index in [2.05, 4.69) is 9.88 Å². The van der Waals surface area contributed by atoms with E-state index in [1.807, 2.05) is 30.3 Å². The van der Waals surface area contributed by atoms with Gasteiger partial charge in [0, 0.05) is 36.8 Å². The number of carbonyl (C=O) groups is 1. The Balaban J connectivity index is 1.37. The highest BCUT2D eigenvalue weighted by atomic mass is 16.5. The van der Waals surface area contributed by atoms with Crippen LogP contribution in [-0.4, -0.2) is 74.3 Å². The van der Waals surface area contributed by atoms with Gasteiger partial charge in [0.15, 0.2) is 0 Å². The lowest BCUT2D eigenvalue weighted by Gasteiger charge is -2.32. The molecule has 2 aromatic rings. The fraction of sp³-hybridized carbons (Fsp3) is 0.500. The van der Waals surface area contributed by atoms with Gasteiger partial charge in [-0.3, -0.25) is 9.69 Å². The van der Waals surface area contributed by atoms with Crippen LogP contribution in [0, 0.1) is 0 Å². The number of hydrogen-bond acceptors (Lipinski definition) is 7. The minimum Gasteiger partial charge on any atom is -0.497 e. The van der Waals surface area contributed by atoms with E-state index < -0.39 is 0 Å². The average molecular weight is 441 g/mol. The maximum atomic E-state index is 12.7. The Kier molecular flexibility index (Phi) is 7.12. The Morgan fingerprint density at radius 3 is 2.50 bits per heavy atom. The molecule has 1 aromatic carbocycles. The summed E-state index contributed by atoms with van der Waals surface area (Å²) in [6.07, 6.45) is 1.99. The number of amides is 1. The number of anilines is 1. The summed E-state index contributed by atoms with van der Waals surface area (Å²) < 4.78 is 16.2. The van der Waals surface area contributed by atoms with Gasteiger partial charge in [0.1, 0.15) is 17.3 Å². The van der Waals surface area contributed by atoms with E-state index in [1.165, 1.54) is 0 Å². The monoisotopic (exact) mass is 440 g/mol. The summed E-state index contributed by atoms with van der Waals surface area (Å²) in [6.45, 7) is 5.06. The molecule has 32 heavy (non-hydrogen) atoms. The predicted molar refractivity (Wildman–Crippen MR) is 122 cm³/mol. The van der Waals surface area contributed by atoms with E-state index in [0.29, 0.717) is 43.6 Å². The molecule has 2 aliphatic rings. The van der Waals surface area contributed by atoms with Crippen molar-refractivity contribution in [1.29, 1.82) is 0 Å². The van der Waals surface area contributed by atoms with Crippen LogP contribution in [0.15, 0.2) is 30.3 Å². The smallest absolute Gasteiger partial charge is 0.257 e. The summed E-state index contributed by atoms with van der Waals surface area (Å²) in [6, 6.07) is 9.71. The lowest BCUT2D eigenvalue weighted by atomic mass is 9.92. The van der Waals surface area contributed by atoms with Crippen LogP contribution in [0.1, 0.15) is 40.4 Å². The van der Waals surface area contributed by atoms with Crippen LogP contribution >= 0.6 is 0 Å². The number of nitrogens with zero attached hydrogens (tertiary/aromatic N) is 3. The number of aromatic nitrogens is 1. The number of nitrogens with two attached hydrogens (primary N) is 1. The molecule has 0 atom stereocenters. The van der Waals surface area contributed by atoms with E-state index in [9.17, 15) is 4.79 Å². The third-order valence-corrected chi connectivity index (χ3v) is 6.36. The molecule has 172 valence electrons. The first kappa shape index (κ1) is 22.4. The Labute approximate surface area is 189 Å². The van der Waals surface area contributed by atoms with Gasteiger partial charge in [-0.25, -0.2) is 4.98 Å². The highest BCUT2D eigenvalue weighted by molar-refractivity contribution is 5.98. The first-order valence-corrected chi connectivity index (χ1v) is 11.2. The van der Waals surface area contributed by atoms with Crippen LogP contribution in [0.25, 0.3) is 0 Å². The number of likely N-dealkylation sites (tertiary alicyclic amines) is 1. The van der Waals surface area contributed by atoms with Crippen molar-refractivity contribution < 1.29 is 19.0 Å². The largest absolute Gasteiger partial charge is 0.497 e. The van der Waals surface area contributed by atoms with Crippen LogP contribution in [0.4, 0.5) is 5.82 Å². The number of piperidine rings is 1.